The van der Waals surface area contributed by atoms with Gasteiger partial charge < -0.3 is 14.6 Å². The van der Waals surface area contributed by atoms with E-state index in [1.807, 2.05) is 0 Å². The van der Waals surface area contributed by atoms with Crippen molar-refractivity contribution in [1.29, 1.82) is 0 Å². The summed E-state index contributed by atoms with van der Waals surface area (Å²) in [5.74, 6) is 0.292. The molecule has 1 atom stereocenters. The number of ether oxygens (including phenoxy) is 2. The van der Waals surface area contributed by atoms with E-state index in [1.165, 1.54) is 135 Å². The molecule has 0 aliphatic carbocycles. The van der Waals surface area contributed by atoms with Gasteiger partial charge in [-0.3, -0.25) is 9.59 Å². The summed E-state index contributed by atoms with van der Waals surface area (Å²) in [5, 5.41) is 9.97. The summed E-state index contributed by atoms with van der Waals surface area (Å²) in [5.41, 5.74) is 0. The Labute approximate surface area is 255 Å². The first-order valence-corrected chi connectivity index (χ1v) is 17.9. The lowest BCUT2D eigenvalue weighted by Crippen LogP contribution is -2.25. The summed E-state index contributed by atoms with van der Waals surface area (Å²) in [4.78, 5) is 23.8. The fourth-order valence-electron chi connectivity index (χ4n) is 5.27. The van der Waals surface area contributed by atoms with Crippen molar-refractivity contribution in [1.82, 2.24) is 0 Å². The van der Waals surface area contributed by atoms with Gasteiger partial charge in [0.25, 0.3) is 0 Å². The van der Waals surface area contributed by atoms with Gasteiger partial charge in [-0.2, -0.15) is 0 Å². The van der Waals surface area contributed by atoms with Crippen molar-refractivity contribution < 1.29 is 24.2 Å². The molecule has 0 saturated heterocycles. The van der Waals surface area contributed by atoms with Gasteiger partial charge >= 0.3 is 11.9 Å². The molecule has 0 heterocycles. The summed E-state index contributed by atoms with van der Waals surface area (Å²) < 4.78 is 10.3. The van der Waals surface area contributed by atoms with E-state index in [1.54, 1.807) is 0 Å². The van der Waals surface area contributed by atoms with E-state index in [0.29, 0.717) is 12.8 Å². The van der Waals surface area contributed by atoms with Crippen LogP contribution in [0.2, 0.25) is 0 Å². The minimum absolute atomic E-state index is 0.109. The molecule has 0 aromatic carbocycles. The van der Waals surface area contributed by atoms with E-state index in [2.05, 4.69) is 20.8 Å². The van der Waals surface area contributed by atoms with Crippen molar-refractivity contribution in [3.63, 3.8) is 0 Å². The standard InChI is InChI=1S/C36H70O5/c1-4-5-6-7-8-9-13-17-20-23-26-29-35(38)40-31-34(37)32-41-36(39)30-27-24-21-18-15-12-10-11-14-16-19-22-25-28-33(2)3/h33-34,37H,4-32H2,1-3H3/t34-/m1/s1. The van der Waals surface area contributed by atoms with E-state index in [0.717, 1.165) is 31.6 Å². The van der Waals surface area contributed by atoms with Crippen molar-refractivity contribution in [3.05, 3.63) is 0 Å². The number of unbranched alkanes of at least 4 members (excludes halogenated alkanes) is 22. The zero-order chi connectivity index (χ0) is 30.2. The van der Waals surface area contributed by atoms with Crippen LogP contribution in [0, 0.1) is 5.92 Å². The largest absolute Gasteiger partial charge is 0.463 e. The maximum Gasteiger partial charge on any atom is 0.305 e. The first kappa shape index (κ1) is 39.9. The Kier molecular flexibility index (Phi) is 31.0. The normalized spacial score (nSPS) is 12.1. The number of esters is 2. The number of hydrogen-bond donors (Lipinski definition) is 1. The number of aliphatic hydroxyl groups excluding tert-OH is 1. The highest BCUT2D eigenvalue weighted by Gasteiger charge is 2.12. The molecular weight excluding hydrogens is 512 g/mol. The molecule has 0 bridgehead atoms. The van der Waals surface area contributed by atoms with Crippen molar-refractivity contribution >= 4 is 11.9 Å². The Morgan fingerprint density at radius 1 is 0.488 bits per heavy atom. The third-order valence-electron chi connectivity index (χ3n) is 8.02. The van der Waals surface area contributed by atoms with Gasteiger partial charge in [-0.05, 0) is 18.8 Å². The molecule has 1 N–H and O–H groups in total. The number of aliphatic hydroxyl groups is 1. The van der Waals surface area contributed by atoms with Crippen LogP contribution in [0.4, 0.5) is 0 Å². The predicted octanol–water partition coefficient (Wildman–Crippen LogP) is 10.6. The molecule has 244 valence electrons. The van der Waals surface area contributed by atoms with Crippen LogP contribution in [0.25, 0.3) is 0 Å². The van der Waals surface area contributed by atoms with Crippen LogP contribution in [0.15, 0.2) is 0 Å². The van der Waals surface area contributed by atoms with Crippen LogP contribution < -0.4 is 0 Å². The molecule has 0 aliphatic heterocycles. The van der Waals surface area contributed by atoms with E-state index in [-0.39, 0.29) is 25.2 Å². The van der Waals surface area contributed by atoms with Gasteiger partial charge in [0.05, 0.1) is 0 Å². The highest BCUT2D eigenvalue weighted by atomic mass is 16.6. The Morgan fingerprint density at radius 2 is 0.780 bits per heavy atom. The van der Waals surface area contributed by atoms with Crippen LogP contribution in [0.1, 0.15) is 194 Å². The fourth-order valence-corrected chi connectivity index (χ4v) is 5.27. The van der Waals surface area contributed by atoms with Gasteiger partial charge in [0.1, 0.15) is 19.3 Å². The highest BCUT2D eigenvalue weighted by Crippen LogP contribution is 2.15. The number of rotatable bonds is 32. The van der Waals surface area contributed by atoms with Crippen LogP contribution >= 0.6 is 0 Å². The van der Waals surface area contributed by atoms with Gasteiger partial charge in [0.15, 0.2) is 0 Å². The van der Waals surface area contributed by atoms with Crippen molar-refractivity contribution in [2.75, 3.05) is 13.2 Å². The third-order valence-corrected chi connectivity index (χ3v) is 8.02. The molecule has 0 aromatic rings. The monoisotopic (exact) mass is 583 g/mol. The Morgan fingerprint density at radius 3 is 1.10 bits per heavy atom. The molecule has 0 unspecified atom stereocenters. The highest BCUT2D eigenvalue weighted by molar-refractivity contribution is 5.69. The maximum absolute atomic E-state index is 11.9. The molecule has 41 heavy (non-hydrogen) atoms. The minimum Gasteiger partial charge on any atom is -0.463 e. The summed E-state index contributed by atoms with van der Waals surface area (Å²) in [6, 6.07) is 0. The van der Waals surface area contributed by atoms with E-state index in [4.69, 9.17) is 9.47 Å². The van der Waals surface area contributed by atoms with Crippen molar-refractivity contribution in [2.45, 2.75) is 200 Å². The van der Waals surface area contributed by atoms with Crippen molar-refractivity contribution in [3.8, 4) is 0 Å². The molecule has 0 rings (SSSR count). The molecular formula is C36H70O5. The van der Waals surface area contributed by atoms with Crippen LogP contribution in [0.3, 0.4) is 0 Å². The maximum atomic E-state index is 11.9. The van der Waals surface area contributed by atoms with Crippen LogP contribution in [-0.2, 0) is 19.1 Å². The molecule has 0 spiro atoms. The van der Waals surface area contributed by atoms with Gasteiger partial charge in [0.2, 0.25) is 0 Å². The second kappa shape index (κ2) is 31.8. The number of carbonyl (C=O) groups excluding carboxylic acids is 2. The summed E-state index contributed by atoms with van der Waals surface area (Å²) >= 11 is 0. The minimum atomic E-state index is -0.954. The topological polar surface area (TPSA) is 72.8 Å². The van der Waals surface area contributed by atoms with Gasteiger partial charge in [-0.15, -0.1) is 0 Å². The predicted molar refractivity (Wildman–Crippen MR) is 173 cm³/mol. The zero-order valence-corrected chi connectivity index (χ0v) is 27.7. The molecule has 0 radical (unpaired) electrons. The van der Waals surface area contributed by atoms with Gasteiger partial charge in [-0.1, -0.05) is 168 Å². The summed E-state index contributed by atoms with van der Waals surface area (Å²) in [7, 11) is 0. The Balaban J connectivity index is 3.39. The number of carbonyl (C=O) groups is 2. The van der Waals surface area contributed by atoms with Crippen LogP contribution in [0.5, 0.6) is 0 Å². The van der Waals surface area contributed by atoms with Crippen LogP contribution in [-0.4, -0.2) is 36.4 Å². The van der Waals surface area contributed by atoms with Gasteiger partial charge in [-0.25, -0.2) is 0 Å². The molecule has 0 fully saturated rings. The average Bonchev–Trinajstić information content (AvgIpc) is 2.95. The molecule has 0 amide bonds. The Bertz CT molecular complexity index is 562. The number of hydrogen-bond acceptors (Lipinski definition) is 5. The van der Waals surface area contributed by atoms with E-state index in [9.17, 15) is 14.7 Å². The Hall–Kier alpha value is -1.10. The van der Waals surface area contributed by atoms with Crippen molar-refractivity contribution in [2.24, 2.45) is 5.92 Å². The smallest absolute Gasteiger partial charge is 0.305 e. The van der Waals surface area contributed by atoms with Gasteiger partial charge in [0, 0.05) is 12.8 Å². The quantitative estimate of drug-likeness (QED) is 0.0631. The zero-order valence-electron chi connectivity index (χ0n) is 27.7. The lowest BCUT2D eigenvalue weighted by atomic mass is 10.0. The summed E-state index contributed by atoms with van der Waals surface area (Å²) in [6.45, 7) is 6.65. The fraction of sp³-hybridized carbons (Fsp3) is 0.944. The average molecular weight is 583 g/mol. The second-order valence-electron chi connectivity index (χ2n) is 12.8. The second-order valence-corrected chi connectivity index (χ2v) is 12.8. The van der Waals surface area contributed by atoms with E-state index >= 15 is 0 Å². The molecule has 0 saturated carbocycles. The third kappa shape index (κ3) is 33.3. The lowest BCUT2D eigenvalue weighted by Gasteiger charge is -2.12. The summed E-state index contributed by atoms with van der Waals surface area (Å²) in [6.07, 6.45) is 31.5. The SMILES string of the molecule is CCCCCCCCCCCCCC(=O)OC[C@@H](O)COC(=O)CCCCCCCCCCCCCCCC(C)C. The van der Waals surface area contributed by atoms with E-state index < -0.39 is 6.10 Å². The molecule has 5 heteroatoms. The molecule has 5 nitrogen and oxygen atoms in total. The lowest BCUT2D eigenvalue weighted by molar-refractivity contribution is -0.152. The molecule has 0 aromatic heterocycles. The first-order valence-electron chi connectivity index (χ1n) is 17.9. The first-order chi connectivity index (χ1) is 20.0. The molecule has 0 aliphatic rings.